The van der Waals surface area contributed by atoms with Crippen molar-refractivity contribution in [3.8, 4) is 0 Å². The van der Waals surface area contributed by atoms with Crippen LogP contribution in [0.1, 0.15) is 41.5 Å². The zero-order valence-corrected chi connectivity index (χ0v) is 12.8. The first-order chi connectivity index (χ1) is 6.75. The van der Waals surface area contributed by atoms with Gasteiger partial charge in [-0.15, -0.1) is 0 Å². The van der Waals surface area contributed by atoms with Crippen LogP contribution < -0.4 is 0 Å². The Morgan fingerprint density at radius 2 is 1.27 bits per heavy atom. The van der Waals surface area contributed by atoms with Crippen molar-refractivity contribution in [1.29, 1.82) is 0 Å². The van der Waals surface area contributed by atoms with Gasteiger partial charge in [0.15, 0.2) is 13.8 Å². The van der Waals surface area contributed by atoms with Gasteiger partial charge in [-0.05, 0) is 41.5 Å². The lowest BCUT2D eigenvalue weighted by Gasteiger charge is -2.35. The zero-order chi connectivity index (χ0) is 12.2. The van der Waals surface area contributed by atoms with E-state index in [9.17, 15) is 0 Å². The quantitative estimate of drug-likeness (QED) is 0.478. The maximum absolute atomic E-state index is 5.96. The van der Waals surface area contributed by atoms with E-state index in [2.05, 4.69) is 41.5 Å². The van der Waals surface area contributed by atoms with Crippen LogP contribution in [-0.2, 0) is 4.52 Å². The third-order valence-electron chi connectivity index (χ3n) is 2.75. The van der Waals surface area contributed by atoms with Gasteiger partial charge in [-0.2, -0.15) is 0 Å². The molecule has 0 fully saturated rings. The van der Waals surface area contributed by atoms with Crippen LogP contribution in [-0.4, -0.2) is 17.0 Å². The Morgan fingerprint density at radius 1 is 0.933 bits per heavy atom. The summed E-state index contributed by atoms with van der Waals surface area (Å²) in [7, 11) is -1.51. The van der Waals surface area contributed by atoms with Crippen LogP contribution in [0.3, 0.4) is 0 Å². The SMILES string of the molecule is CC(C)[P+](OC=C(Cl)Cl)(C(C)C)C(C)C. The molecule has 0 saturated heterocycles. The summed E-state index contributed by atoms with van der Waals surface area (Å²) in [5, 5.41) is 0. The molecule has 0 atom stereocenters. The third kappa shape index (κ3) is 3.80. The van der Waals surface area contributed by atoms with Gasteiger partial charge in [0.25, 0.3) is 0 Å². The molecular weight excluding hydrogens is 250 g/mol. The first-order valence-corrected chi connectivity index (χ1v) is 7.99. The van der Waals surface area contributed by atoms with Crippen LogP contribution in [0.25, 0.3) is 0 Å². The Bertz CT molecular complexity index is 199. The molecular formula is C11H22Cl2OP+. The molecule has 0 bridgehead atoms. The van der Waals surface area contributed by atoms with E-state index < -0.39 is 7.49 Å². The molecule has 0 aliphatic rings. The Hall–Kier alpha value is 0.550. The van der Waals surface area contributed by atoms with Crippen LogP contribution in [0.2, 0.25) is 0 Å². The maximum atomic E-state index is 5.96. The normalized spacial score (nSPS) is 12.5. The molecule has 0 unspecified atom stereocenters. The minimum Gasteiger partial charge on any atom is -0.355 e. The summed E-state index contributed by atoms with van der Waals surface area (Å²) < 4.78 is 6.16. The molecule has 0 spiro atoms. The van der Waals surface area contributed by atoms with Crippen molar-refractivity contribution in [1.82, 2.24) is 0 Å². The van der Waals surface area contributed by atoms with Crippen LogP contribution in [0.5, 0.6) is 0 Å². The van der Waals surface area contributed by atoms with E-state index in [0.29, 0.717) is 17.0 Å². The lowest BCUT2D eigenvalue weighted by molar-refractivity contribution is 0.486. The molecule has 0 aliphatic carbocycles. The average molecular weight is 272 g/mol. The molecule has 0 aliphatic heterocycles. The van der Waals surface area contributed by atoms with E-state index in [1.807, 2.05) is 0 Å². The van der Waals surface area contributed by atoms with E-state index in [0.717, 1.165) is 0 Å². The van der Waals surface area contributed by atoms with Crippen LogP contribution >= 0.6 is 30.7 Å². The minimum absolute atomic E-state index is 0.196. The Labute approximate surface area is 105 Å². The summed E-state index contributed by atoms with van der Waals surface area (Å²) in [5.74, 6) is 0. The Morgan fingerprint density at radius 3 is 1.47 bits per heavy atom. The van der Waals surface area contributed by atoms with E-state index in [1.54, 1.807) is 0 Å². The van der Waals surface area contributed by atoms with Crippen molar-refractivity contribution in [2.45, 2.75) is 58.5 Å². The van der Waals surface area contributed by atoms with Crippen LogP contribution in [0.15, 0.2) is 10.8 Å². The van der Waals surface area contributed by atoms with E-state index in [1.165, 1.54) is 6.26 Å². The molecule has 1 nitrogen and oxygen atoms in total. The minimum atomic E-state index is -1.51. The molecule has 0 rings (SSSR count). The fourth-order valence-electron chi connectivity index (χ4n) is 2.29. The van der Waals surface area contributed by atoms with Gasteiger partial charge in [-0.25, -0.2) is 0 Å². The highest BCUT2D eigenvalue weighted by atomic mass is 35.5. The summed E-state index contributed by atoms with van der Waals surface area (Å²) in [6, 6.07) is 0. The second-order valence-corrected chi connectivity index (χ2v) is 10.4. The van der Waals surface area contributed by atoms with Gasteiger partial charge in [0, 0.05) is 0 Å². The predicted octanol–water partition coefficient (Wildman–Crippen LogP) is 5.44. The molecule has 0 amide bonds. The topological polar surface area (TPSA) is 9.23 Å². The molecule has 0 saturated carbocycles. The fraction of sp³-hybridized carbons (Fsp3) is 0.818. The molecule has 0 N–H and O–H groups in total. The largest absolute Gasteiger partial charge is 0.355 e. The summed E-state index contributed by atoms with van der Waals surface area (Å²) in [6.45, 7) is 13.3. The third-order valence-corrected chi connectivity index (χ3v) is 8.24. The summed E-state index contributed by atoms with van der Waals surface area (Å²) >= 11 is 11.2. The molecule has 15 heavy (non-hydrogen) atoms. The van der Waals surface area contributed by atoms with E-state index in [4.69, 9.17) is 27.7 Å². The number of rotatable bonds is 5. The summed E-state index contributed by atoms with van der Waals surface area (Å²) in [6.07, 6.45) is 1.50. The second-order valence-electron chi connectivity index (χ2n) is 4.56. The van der Waals surface area contributed by atoms with Gasteiger partial charge in [-0.1, -0.05) is 23.2 Å². The monoisotopic (exact) mass is 271 g/mol. The first-order valence-electron chi connectivity index (χ1n) is 5.32. The van der Waals surface area contributed by atoms with Gasteiger partial charge in [0.05, 0.1) is 17.0 Å². The molecule has 0 aromatic carbocycles. The van der Waals surface area contributed by atoms with E-state index >= 15 is 0 Å². The van der Waals surface area contributed by atoms with Crippen molar-refractivity contribution in [3.63, 3.8) is 0 Å². The zero-order valence-electron chi connectivity index (χ0n) is 10.4. The average Bonchev–Trinajstić information content (AvgIpc) is 2.02. The fourth-order valence-corrected chi connectivity index (χ4v) is 7.09. The van der Waals surface area contributed by atoms with Crippen molar-refractivity contribution >= 4 is 30.7 Å². The molecule has 4 heteroatoms. The van der Waals surface area contributed by atoms with Gasteiger partial charge < -0.3 is 4.52 Å². The van der Waals surface area contributed by atoms with Crippen molar-refractivity contribution in [2.75, 3.05) is 0 Å². The summed E-state index contributed by atoms with van der Waals surface area (Å²) in [5.41, 5.74) is 1.55. The lowest BCUT2D eigenvalue weighted by Crippen LogP contribution is -2.24. The first kappa shape index (κ1) is 15.6. The molecule has 0 aromatic heterocycles. The number of hydrogen-bond acceptors (Lipinski definition) is 1. The van der Waals surface area contributed by atoms with Gasteiger partial charge >= 0.3 is 0 Å². The second kappa shape index (κ2) is 6.33. The van der Waals surface area contributed by atoms with Gasteiger partial charge in [-0.3, -0.25) is 0 Å². The Balaban J connectivity index is 5.06. The smallest absolute Gasteiger partial charge is 0.197 e. The lowest BCUT2D eigenvalue weighted by atomic mass is 10.5. The predicted molar refractivity (Wildman–Crippen MR) is 73.2 cm³/mol. The Kier molecular flexibility index (Phi) is 6.56. The highest BCUT2D eigenvalue weighted by Crippen LogP contribution is 2.71. The standard InChI is InChI=1S/C11H22Cl2OP/c1-8(2)15(9(3)4,10(5)6)14-7-11(12)13/h7-10H,1-6H3/q+1. The van der Waals surface area contributed by atoms with Crippen LogP contribution in [0, 0.1) is 0 Å². The van der Waals surface area contributed by atoms with Crippen molar-refractivity contribution in [3.05, 3.63) is 10.8 Å². The summed E-state index contributed by atoms with van der Waals surface area (Å²) in [4.78, 5) is 0. The number of hydrogen-bond donors (Lipinski definition) is 0. The highest BCUT2D eigenvalue weighted by molar-refractivity contribution is 7.73. The van der Waals surface area contributed by atoms with Crippen molar-refractivity contribution in [2.24, 2.45) is 0 Å². The van der Waals surface area contributed by atoms with Crippen molar-refractivity contribution < 1.29 is 4.52 Å². The van der Waals surface area contributed by atoms with E-state index in [-0.39, 0.29) is 4.49 Å². The molecule has 90 valence electrons. The maximum Gasteiger partial charge on any atom is 0.197 e. The molecule has 0 heterocycles. The van der Waals surface area contributed by atoms with Gasteiger partial charge in [0.1, 0.15) is 4.49 Å². The van der Waals surface area contributed by atoms with Gasteiger partial charge in [0.2, 0.25) is 0 Å². The number of halogens is 2. The highest BCUT2D eigenvalue weighted by Gasteiger charge is 2.50. The van der Waals surface area contributed by atoms with Crippen LogP contribution in [0.4, 0.5) is 0 Å². The molecule has 0 radical (unpaired) electrons. The molecule has 0 aromatic rings.